The first-order chi connectivity index (χ1) is 21.2. The molecular formula is C36H37FN4O3. The lowest BCUT2D eigenvalue weighted by Gasteiger charge is -2.65. The first kappa shape index (κ1) is 27.7. The van der Waals surface area contributed by atoms with E-state index in [0.29, 0.717) is 45.0 Å². The van der Waals surface area contributed by atoms with E-state index >= 15 is 0 Å². The maximum Gasteiger partial charge on any atom is 0.316 e. The van der Waals surface area contributed by atoms with Crippen LogP contribution in [0.1, 0.15) is 75.8 Å². The quantitative estimate of drug-likeness (QED) is 0.271. The summed E-state index contributed by atoms with van der Waals surface area (Å²) >= 11 is 0. The molecular weight excluding hydrogens is 555 g/mol. The number of aromatic nitrogens is 2. The van der Waals surface area contributed by atoms with Crippen molar-refractivity contribution in [1.82, 2.24) is 9.97 Å². The van der Waals surface area contributed by atoms with Gasteiger partial charge in [0.25, 0.3) is 0 Å². The summed E-state index contributed by atoms with van der Waals surface area (Å²) in [6.45, 7) is 3.52. The molecule has 4 bridgehead atoms. The van der Waals surface area contributed by atoms with Crippen LogP contribution in [0.15, 0.2) is 60.9 Å². The van der Waals surface area contributed by atoms with Gasteiger partial charge in [-0.25, -0.2) is 14.4 Å². The van der Waals surface area contributed by atoms with E-state index in [1.165, 1.54) is 5.56 Å². The minimum atomic E-state index is -1.15. The molecule has 44 heavy (non-hydrogen) atoms. The lowest BCUT2D eigenvalue weighted by Crippen LogP contribution is -2.71. The van der Waals surface area contributed by atoms with Crippen LogP contribution in [-0.2, 0) is 20.5 Å². The zero-order valence-corrected chi connectivity index (χ0v) is 25.2. The topological polar surface area (TPSA) is 88.3 Å². The second-order valence-corrected chi connectivity index (χ2v) is 14.1. The van der Waals surface area contributed by atoms with Crippen molar-refractivity contribution in [1.29, 1.82) is 5.26 Å². The van der Waals surface area contributed by atoms with Crippen LogP contribution in [0.2, 0.25) is 0 Å². The Labute approximate surface area is 257 Å². The predicted molar refractivity (Wildman–Crippen MR) is 163 cm³/mol. The monoisotopic (exact) mass is 592 g/mol. The molecule has 7 aliphatic rings. The lowest BCUT2D eigenvalue weighted by atomic mass is 9.41. The molecule has 2 aliphatic heterocycles. The molecule has 10 rings (SSSR count). The molecule has 3 aromatic rings. The molecule has 3 heterocycles. The van der Waals surface area contributed by atoms with Crippen LogP contribution in [0.3, 0.4) is 0 Å². The average Bonchev–Trinajstić information content (AvgIpc) is 3.85. The number of fused-ring (bicyclic) bond motifs is 3. The van der Waals surface area contributed by atoms with Crippen molar-refractivity contribution < 1.29 is 18.7 Å². The maximum atomic E-state index is 14.6. The third-order valence-corrected chi connectivity index (χ3v) is 11.3. The number of benzene rings is 2. The highest BCUT2D eigenvalue weighted by Gasteiger charge is 2.73. The van der Waals surface area contributed by atoms with Crippen LogP contribution in [0.25, 0.3) is 11.1 Å². The van der Waals surface area contributed by atoms with E-state index in [1.807, 2.05) is 36.1 Å². The summed E-state index contributed by atoms with van der Waals surface area (Å²) in [7, 11) is 0. The SMILES string of the molecule is CCOc1ncc(-c2cccc(N(CC34CCC(c5ccc(C6(C#N)CC6)cc5)(CC3)OC4)C(=O)C34CC(F)(C3)C4)c2)cn1. The molecule has 0 N–H and O–H groups in total. The van der Waals surface area contributed by atoms with E-state index in [4.69, 9.17) is 9.47 Å². The van der Waals surface area contributed by atoms with Crippen LogP contribution in [-0.4, -0.2) is 41.3 Å². The summed E-state index contributed by atoms with van der Waals surface area (Å²) in [4.78, 5) is 24.8. The van der Waals surface area contributed by atoms with E-state index < -0.39 is 11.1 Å². The third kappa shape index (κ3) is 4.27. The largest absolute Gasteiger partial charge is 0.464 e. The first-order valence-corrected chi connectivity index (χ1v) is 16.0. The van der Waals surface area contributed by atoms with E-state index in [2.05, 4.69) is 40.3 Å². The summed E-state index contributed by atoms with van der Waals surface area (Å²) in [6.07, 6.45) is 10.0. The molecule has 2 saturated heterocycles. The number of nitriles is 1. The number of halogens is 1. The summed E-state index contributed by atoms with van der Waals surface area (Å²) in [5.41, 5.74) is 2.36. The Bertz CT molecular complexity index is 1620. The number of hydrogen-bond acceptors (Lipinski definition) is 6. The highest BCUT2D eigenvalue weighted by Crippen LogP contribution is 2.70. The molecule has 8 heteroatoms. The second-order valence-electron chi connectivity index (χ2n) is 14.1. The van der Waals surface area contributed by atoms with Crippen LogP contribution in [0.5, 0.6) is 6.01 Å². The molecule has 7 nitrogen and oxygen atoms in total. The molecule has 1 aromatic heterocycles. The number of anilines is 1. The van der Waals surface area contributed by atoms with Gasteiger partial charge in [0.15, 0.2) is 0 Å². The number of hydrogen-bond donors (Lipinski definition) is 0. The fourth-order valence-electron chi connectivity index (χ4n) is 8.34. The number of alkyl halides is 1. The van der Waals surface area contributed by atoms with Gasteiger partial charge in [-0.05, 0) is 93.5 Å². The molecule has 0 atom stereocenters. The Hall–Kier alpha value is -3.83. The highest BCUT2D eigenvalue weighted by molar-refractivity contribution is 6.00. The van der Waals surface area contributed by atoms with Crippen LogP contribution in [0, 0.1) is 22.2 Å². The first-order valence-electron chi connectivity index (χ1n) is 16.0. The zero-order chi connectivity index (χ0) is 30.2. The standard InChI is InChI=1S/C36H37FN4O3/c1-2-43-31-39-17-26(18-40-31)25-4-3-5-29(16-25)41(30(42)34-19-35(37,20-34)21-34)23-32-10-14-36(15-11-32,44-24-32)28-8-6-27(7-9-28)33(22-38)12-13-33/h3-9,16-18H,2,10-15,19-21,23-24H2,1H3. The van der Waals surface area contributed by atoms with Crippen molar-refractivity contribution in [3.8, 4) is 23.2 Å². The summed E-state index contributed by atoms with van der Waals surface area (Å²) in [5.74, 6) is 0.0380. The van der Waals surface area contributed by atoms with Gasteiger partial charge < -0.3 is 14.4 Å². The number of amides is 1. The van der Waals surface area contributed by atoms with Gasteiger partial charge in [0, 0.05) is 35.6 Å². The van der Waals surface area contributed by atoms with Gasteiger partial charge in [-0.15, -0.1) is 0 Å². The number of ether oxygens (including phenoxy) is 2. The molecule has 0 radical (unpaired) electrons. The minimum Gasteiger partial charge on any atom is -0.464 e. The van der Waals surface area contributed by atoms with Crippen LogP contribution in [0.4, 0.5) is 10.1 Å². The van der Waals surface area contributed by atoms with Crippen molar-refractivity contribution >= 4 is 11.6 Å². The number of nitrogens with zero attached hydrogens (tertiary/aromatic N) is 4. The van der Waals surface area contributed by atoms with Crippen molar-refractivity contribution in [3.05, 3.63) is 72.1 Å². The van der Waals surface area contributed by atoms with Gasteiger partial charge in [-0.2, -0.15) is 5.26 Å². The second kappa shape index (κ2) is 9.58. The molecule has 5 saturated carbocycles. The molecule has 2 aromatic carbocycles. The van der Waals surface area contributed by atoms with Gasteiger partial charge in [-0.3, -0.25) is 4.79 Å². The van der Waals surface area contributed by atoms with Gasteiger partial charge in [-0.1, -0.05) is 36.4 Å². The van der Waals surface area contributed by atoms with Crippen molar-refractivity contribution in [3.63, 3.8) is 0 Å². The predicted octanol–water partition coefficient (Wildman–Crippen LogP) is 6.81. The Morgan fingerprint density at radius 3 is 2.23 bits per heavy atom. The molecule has 226 valence electrons. The van der Waals surface area contributed by atoms with Gasteiger partial charge >= 0.3 is 6.01 Å². The number of carbonyl (C=O) groups excluding carboxylic acids is 1. The highest BCUT2D eigenvalue weighted by atomic mass is 19.1. The van der Waals surface area contributed by atoms with E-state index in [1.54, 1.807) is 12.4 Å². The lowest BCUT2D eigenvalue weighted by molar-refractivity contribution is -0.213. The van der Waals surface area contributed by atoms with Gasteiger partial charge in [0.2, 0.25) is 5.91 Å². The Kier molecular flexibility index (Phi) is 6.03. The summed E-state index contributed by atoms with van der Waals surface area (Å²) in [5, 5.41) is 9.61. The molecule has 1 amide bonds. The minimum absolute atomic E-state index is 0.0380. The van der Waals surface area contributed by atoms with Crippen LogP contribution >= 0.6 is 0 Å². The van der Waals surface area contributed by atoms with E-state index in [0.717, 1.165) is 60.9 Å². The van der Waals surface area contributed by atoms with E-state index in [-0.39, 0.29) is 22.3 Å². The molecule has 7 fully saturated rings. The van der Waals surface area contributed by atoms with Crippen molar-refractivity contribution in [2.24, 2.45) is 10.8 Å². The smallest absolute Gasteiger partial charge is 0.316 e. The summed E-state index contributed by atoms with van der Waals surface area (Å²) in [6, 6.07) is 19.3. The molecule has 0 unspecified atom stereocenters. The average molecular weight is 593 g/mol. The number of carbonyl (C=O) groups is 1. The Morgan fingerprint density at radius 1 is 0.977 bits per heavy atom. The fourth-order valence-corrected chi connectivity index (χ4v) is 8.34. The third-order valence-electron chi connectivity index (χ3n) is 11.3. The van der Waals surface area contributed by atoms with Crippen LogP contribution < -0.4 is 9.64 Å². The van der Waals surface area contributed by atoms with E-state index in [9.17, 15) is 14.4 Å². The zero-order valence-electron chi connectivity index (χ0n) is 25.2. The van der Waals surface area contributed by atoms with Crippen molar-refractivity contribution in [2.45, 2.75) is 81.4 Å². The van der Waals surface area contributed by atoms with Gasteiger partial charge in [0.05, 0.1) is 35.7 Å². The Morgan fingerprint density at radius 2 is 1.66 bits per heavy atom. The Balaban J connectivity index is 1.04. The van der Waals surface area contributed by atoms with Gasteiger partial charge in [0.1, 0.15) is 5.67 Å². The number of rotatable bonds is 9. The molecule has 5 aliphatic carbocycles. The normalized spacial score (nSPS) is 32.1. The summed E-state index contributed by atoms with van der Waals surface area (Å²) < 4.78 is 26.7. The maximum absolute atomic E-state index is 14.6. The molecule has 0 spiro atoms. The fraction of sp³-hybridized carbons (Fsp3) is 0.500. The van der Waals surface area contributed by atoms with Crippen molar-refractivity contribution in [2.75, 3.05) is 24.7 Å².